The fourth-order valence-electron chi connectivity index (χ4n) is 3.35. The molecule has 7 heteroatoms. The van der Waals surface area contributed by atoms with Gasteiger partial charge in [-0.1, -0.05) is 30.7 Å². The summed E-state index contributed by atoms with van der Waals surface area (Å²) in [6.45, 7) is 6.32. The Morgan fingerprint density at radius 3 is 2.47 bits per heavy atom. The smallest absolute Gasteiger partial charge is 0.303 e. The van der Waals surface area contributed by atoms with Crippen molar-refractivity contribution in [2.45, 2.75) is 46.1 Å². The van der Waals surface area contributed by atoms with Crippen molar-refractivity contribution in [2.24, 2.45) is 0 Å². The van der Waals surface area contributed by atoms with Crippen LogP contribution >= 0.6 is 11.6 Å². The third-order valence-corrected chi connectivity index (χ3v) is 5.09. The van der Waals surface area contributed by atoms with Crippen molar-refractivity contribution < 1.29 is 19.4 Å². The second-order valence-electron chi connectivity index (χ2n) is 7.59. The number of carboxylic acids is 1. The van der Waals surface area contributed by atoms with Gasteiger partial charge in [-0.15, -0.1) is 0 Å². The van der Waals surface area contributed by atoms with Gasteiger partial charge in [-0.3, -0.25) is 4.79 Å². The van der Waals surface area contributed by atoms with Gasteiger partial charge < -0.3 is 14.6 Å². The number of hydrogen-bond donors (Lipinski definition) is 1. The van der Waals surface area contributed by atoms with Crippen LogP contribution in [-0.2, 0) is 11.2 Å². The van der Waals surface area contributed by atoms with E-state index in [1.807, 2.05) is 44.2 Å². The fourth-order valence-corrected chi connectivity index (χ4v) is 3.57. The molecule has 0 saturated carbocycles. The van der Waals surface area contributed by atoms with E-state index in [-0.39, 0.29) is 12.5 Å². The highest BCUT2D eigenvalue weighted by Gasteiger charge is 2.13. The maximum Gasteiger partial charge on any atom is 0.303 e. The largest absolute Gasteiger partial charge is 0.493 e. The number of carbonyl (C=O) groups is 1. The van der Waals surface area contributed by atoms with E-state index < -0.39 is 5.97 Å². The molecule has 0 bridgehead atoms. The zero-order valence-electron chi connectivity index (χ0n) is 18.5. The fraction of sp³-hybridized carbons (Fsp3) is 0.320. The Balaban J connectivity index is 1.80. The second-order valence-corrected chi connectivity index (χ2v) is 8.00. The molecule has 0 fully saturated rings. The van der Waals surface area contributed by atoms with Crippen molar-refractivity contribution in [3.05, 3.63) is 59.4 Å². The quantitative estimate of drug-likeness (QED) is 0.375. The molecule has 2 aromatic carbocycles. The molecule has 0 spiro atoms. The summed E-state index contributed by atoms with van der Waals surface area (Å²) in [7, 11) is 0. The van der Waals surface area contributed by atoms with Gasteiger partial charge >= 0.3 is 5.97 Å². The average Bonchev–Trinajstić information content (AvgIpc) is 2.77. The van der Waals surface area contributed by atoms with Crippen LogP contribution in [0.1, 0.15) is 39.2 Å². The molecule has 1 N–H and O–H groups in total. The maximum atomic E-state index is 10.7. The molecule has 168 valence electrons. The van der Waals surface area contributed by atoms with Crippen LogP contribution in [0.4, 0.5) is 0 Å². The van der Waals surface area contributed by atoms with E-state index in [2.05, 4.69) is 16.9 Å². The first kappa shape index (κ1) is 23.5. The topological polar surface area (TPSA) is 81.5 Å². The molecule has 6 nitrogen and oxygen atoms in total. The Bertz CT molecular complexity index is 1070. The van der Waals surface area contributed by atoms with Gasteiger partial charge in [-0.2, -0.15) is 0 Å². The molecule has 1 aromatic heterocycles. The lowest BCUT2D eigenvalue weighted by atomic mass is 9.99. The monoisotopic (exact) mass is 454 g/mol. The third-order valence-electron chi connectivity index (χ3n) is 4.79. The highest BCUT2D eigenvalue weighted by molar-refractivity contribution is 6.32. The molecule has 0 aliphatic carbocycles. The summed E-state index contributed by atoms with van der Waals surface area (Å²) in [5.74, 6) is 1.14. The van der Waals surface area contributed by atoms with Crippen molar-refractivity contribution >= 4 is 17.6 Å². The van der Waals surface area contributed by atoms with E-state index in [0.717, 1.165) is 34.4 Å². The van der Waals surface area contributed by atoms with Crippen LogP contribution in [0.15, 0.2) is 48.8 Å². The van der Waals surface area contributed by atoms with Crippen LogP contribution in [0.5, 0.6) is 11.5 Å². The Morgan fingerprint density at radius 2 is 1.84 bits per heavy atom. The predicted molar refractivity (Wildman–Crippen MR) is 125 cm³/mol. The Hall–Kier alpha value is -3.12. The first-order valence-corrected chi connectivity index (χ1v) is 11.0. The van der Waals surface area contributed by atoms with Crippen molar-refractivity contribution in [3.63, 3.8) is 0 Å². The van der Waals surface area contributed by atoms with Crippen LogP contribution in [0.3, 0.4) is 0 Å². The minimum absolute atomic E-state index is 0.0403. The normalized spacial score (nSPS) is 10.9. The molecule has 0 radical (unpaired) electrons. The maximum absolute atomic E-state index is 10.7. The lowest BCUT2D eigenvalue weighted by molar-refractivity contribution is -0.137. The van der Waals surface area contributed by atoms with E-state index in [0.29, 0.717) is 29.6 Å². The second kappa shape index (κ2) is 11.0. The van der Waals surface area contributed by atoms with E-state index in [9.17, 15) is 4.79 Å². The van der Waals surface area contributed by atoms with E-state index in [1.54, 1.807) is 18.5 Å². The van der Waals surface area contributed by atoms with Crippen molar-refractivity contribution in [1.82, 2.24) is 9.97 Å². The zero-order chi connectivity index (χ0) is 23.1. The molecule has 3 rings (SSSR count). The summed E-state index contributed by atoms with van der Waals surface area (Å²) in [5, 5.41) is 9.31. The van der Waals surface area contributed by atoms with Gasteiger partial charge in [0, 0.05) is 35.5 Å². The van der Waals surface area contributed by atoms with E-state index in [1.165, 1.54) is 0 Å². The average molecular weight is 455 g/mol. The number of nitrogens with zero attached hydrogens (tertiary/aromatic N) is 2. The van der Waals surface area contributed by atoms with Crippen molar-refractivity contribution in [1.29, 1.82) is 0 Å². The number of ether oxygens (including phenoxy) is 2. The number of carboxylic acid groups (broad SMARTS) is 1. The minimum Gasteiger partial charge on any atom is -0.493 e. The van der Waals surface area contributed by atoms with Crippen LogP contribution < -0.4 is 9.47 Å². The standard InChI is InChI=1S/C25H27ClN2O4/c1-4-19-20(7-5-8-22(19)31-12-6-9-24(29)30)18-14-27-25(28-15-18)17-10-11-23(21(26)13-17)32-16(2)3/h5,7-8,10-11,13-16H,4,6,9,12H2,1-3H3,(H,29,30). The summed E-state index contributed by atoms with van der Waals surface area (Å²) in [4.78, 5) is 19.8. The molecular weight excluding hydrogens is 428 g/mol. The van der Waals surface area contributed by atoms with Gasteiger partial charge in [0.05, 0.1) is 17.7 Å². The molecule has 32 heavy (non-hydrogen) atoms. The SMILES string of the molecule is CCc1c(OCCCC(=O)O)cccc1-c1cnc(-c2ccc(OC(C)C)c(Cl)c2)nc1. The van der Waals surface area contributed by atoms with Gasteiger partial charge in [0.1, 0.15) is 11.5 Å². The molecule has 0 saturated heterocycles. The number of hydrogen-bond acceptors (Lipinski definition) is 5. The number of aliphatic carboxylic acids is 1. The van der Waals surface area contributed by atoms with Gasteiger partial charge in [0.15, 0.2) is 5.82 Å². The molecule has 0 unspecified atom stereocenters. The molecule has 0 amide bonds. The molecule has 0 atom stereocenters. The van der Waals surface area contributed by atoms with E-state index in [4.69, 9.17) is 26.2 Å². The summed E-state index contributed by atoms with van der Waals surface area (Å²) < 4.78 is 11.5. The molecule has 0 aliphatic rings. The van der Waals surface area contributed by atoms with Gasteiger partial charge in [-0.25, -0.2) is 9.97 Å². The first-order valence-electron chi connectivity index (χ1n) is 10.6. The number of benzene rings is 2. The van der Waals surface area contributed by atoms with Crippen molar-refractivity contribution in [2.75, 3.05) is 6.61 Å². The molecule has 0 aliphatic heterocycles. The Morgan fingerprint density at radius 1 is 1.09 bits per heavy atom. The summed E-state index contributed by atoms with van der Waals surface area (Å²) in [5.41, 5.74) is 3.72. The minimum atomic E-state index is -0.821. The van der Waals surface area contributed by atoms with Gasteiger partial charge in [0.2, 0.25) is 0 Å². The Labute approximate surface area is 193 Å². The lowest BCUT2D eigenvalue weighted by Gasteiger charge is -2.15. The number of halogens is 1. The van der Waals surface area contributed by atoms with Gasteiger partial charge in [-0.05, 0) is 56.5 Å². The Kier molecular flexibility index (Phi) is 8.06. The predicted octanol–water partition coefficient (Wildman–Crippen LogP) is 6.06. The van der Waals surface area contributed by atoms with Crippen LogP contribution in [-0.4, -0.2) is 33.8 Å². The summed E-state index contributed by atoms with van der Waals surface area (Å²) in [6.07, 6.45) is 4.93. The van der Waals surface area contributed by atoms with Crippen molar-refractivity contribution in [3.8, 4) is 34.0 Å². The molecule has 1 heterocycles. The highest BCUT2D eigenvalue weighted by atomic mass is 35.5. The lowest BCUT2D eigenvalue weighted by Crippen LogP contribution is -2.05. The molecule has 3 aromatic rings. The summed E-state index contributed by atoms with van der Waals surface area (Å²) in [6, 6.07) is 11.4. The van der Waals surface area contributed by atoms with Crippen LogP contribution in [0.2, 0.25) is 5.02 Å². The molecular formula is C25H27ClN2O4. The van der Waals surface area contributed by atoms with E-state index >= 15 is 0 Å². The number of rotatable bonds is 10. The number of aromatic nitrogens is 2. The van der Waals surface area contributed by atoms with Gasteiger partial charge in [0.25, 0.3) is 0 Å². The third kappa shape index (κ3) is 5.98. The van der Waals surface area contributed by atoms with Crippen LogP contribution in [0, 0.1) is 0 Å². The highest BCUT2D eigenvalue weighted by Crippen LogP contribution is 2.33. The summed E-state index contributed by atoms with van der Waals surface area (Å²) >= 11 is 6.35. The zero-order valence-corrected chi connectivity index (χ0v) is 19.2. The van der Waals surface area contributed by atoms with Crippen LogP contribution in [0.25, 0.3) is 22.5 Å². The first-order chi connectivity index (χ1) is 15.4.